The number of methoxy groups -OCH3 is 1. The maximum atomic E-state index is 5.33. The van der Waals surface area contributed by atoms with Gasteiger partial charge in [0.1, 0.15) is 16.3 Å². The van der Waals surface area contributed by atoms with Crippen LogP contribution in [0.4, 0.5) is 5.00 Å². The number of hydrogen-bond acceptors (Lipinski definition) is 6. The second-order valence-corrected chi connectivity index (χ2v) is 4.76. The summed E-state index contributed by atoms with van der Waals surface area (Å²) in [6.07, 6.45) is 1.70. The van der Waals surface area contributed by atoms with Crippen LogP contribution in [-0.2, 0) is 6.54 Å². The Kier molecular flexibility index (Phi) is 3.24. The monoisotopic (exact) mass is 272 g/mol. The molecule has 0 saturated carbocycles. The van der Waals surface area contributed by atoms with Crippen LogP contribution in [0.25, 0.3) is 10.9 Å². The van der Waals surface area contributed by atoms with E-state index in [1.54, 1.807) is 13.3 Å². The van der Waals surface area contributed by atoms with Gasteiger partial charge in [-0.05, 0) is 12.1 Å². The van der Waals surface area contributed by atoms with E-state index in [0.717, 1.165) is 27.3 Å². The SMILES string of the molecule is COc1cccc2ccc(CNc3cnns3)nc12. The molecule has 3 aromatic rings. The second kappa shape index (κ2) is 5.19. The number of aromatic nitrogens is 3. The van der Waals surface area contributed by atoms with Crippen molar-refractivity contribution < 1.29 is 4.74 Å². The number of hydrogen-bond donors (Lipinski definition) is 1. The van der Waals surface area contributed by atoms with Crippen molar-refractivity contribution in [3.8, 4) is 5.75 Å². The molecule has 0 amide bonds. The zero-order chi connectivity index (χ0) is 13.1. The van der Waals surface area contributed by atoms with Crippen molar-refractivity contribution in [2.75, 3.05) is 12.4 Å². The van der Waals surface area contributed by atoms with Crippen LogP contribution < -0.4 is 10.1 Å². The number of ether oxygens (including phenoxy) is 1. The topological polar surface area (TPSA) is 59.9 Å². The fraction of sp³-hybridized carbons (Fsp3) is 0.154. The van der Waals surface area contributed by atoms with Crippen LogP contribution in [0, 0.1) is 0 Å². The van der Waals surface area contributed by atoms with Crippen LogP contribution >= 0.6 is 11.5 Å². The predicted octanol–water partition coefficient (Wildman–Crippen LogP) is 2.71. The van der Waals surface area contributed by atoms with Gasteiger partial charge in [0, 0.05) is 16.9 Å². The summed E-state index contributed by atoms with van der Waals surface area (Å²) in [5, 5.41) is 9.01. The fourth-order valence-electron chi connectivity index (χ4n) is 1.85. The van der Waals surface area contributed by atoms with Gasteiger partial charge < -0.3 is 10.1 Å². The number of anilines is 1. The first-order valence-corrected chi connectivity index (χ1v) is 6.58. The van der Waals surface area contributed by atoms with Crippen molar-refractivity contribution in [2.24, 2.45) is 0 Å². The zero-order valence-corrected chi connectivity index (χ0v) is 11.1. The fourth-order valence-corrected chi connectivity index (χ4v) is 2.26. The number of benzene rings is 1. The first-order valence-electron chi connectivity index (χ1n) is 5.80. The molecular formula is C13H12N4OS. The van der Waals surface area contributed by atoms with E-state index in [9.17, 15) is 0 Å². The second-order valence-electron chi connectivity index (χ2n) is 3.97. The van der Waals surface area contributed by atoms with Crippen LogP contribution in [0.5, 0.6) is 5.75 Å². The normalized spacial score (nSPS) is 10.6. The standard InChI is InChI=1S/C13H12N4OS/c1-18-11-4-2-3-9-5-6-10(16-13(9)11)7-14-12-8-15-17-19-12/h2-6,8,14H,7H2,1H3. The van der Waals surface area contributed by atoms with Gasteiger partial charge >= 0.3 is 0 Å². The molecular weight excluding hydrogens is 260 g/mol. The smallest absolute Gasteiger partial charge is 0.145 e. The molecule has 1 N–H and O–H groups in total. The van der Waals surface area contributed by atoms with Crippen molar-refractivity contribution in [3.05, 3.63) is 42.2 Å². The molecule has 6 heteroatoms. The highest BCUT2D eigenvalue weighted by molar-refractivity contribution is 7.09. The lowest BCUT2D eigenvalue weighted by molar-refractivity contribution is 0.419. The quantitative estimate of drug-likeness (QED) is 0.791. The molecule has 1 aromatic carbocycles. The summed E-state index contributed by atoms with van der Waals surface area (Å²) in [6.45, 7) is 0.637. The first-order chi connectivity index (χ1) is 9.36. The number of nitrogens with zero attached hydrogens (tertiary/aromatic N) is 3. The maximum absolute atomic E-state index is 5.33. The van der Waals surface area contributed by atoms with Crippen molar-refractivity contribution in [1.29, 1.82) is 0 Å². The number of pyridine rings is 1. The van der Waals surface area contributed by atoms with Crippen LogP contribution in [0.1, 0.15) is 5.69 Å². The number of rotatable bonds is 4. The molecule has 3 rings (SSSR count). The molecule has 5 nitrogen and oxygen atoms in total. The van der Waals surface area contributed by atoms with Crippen molar-refractivity contribution in [1.82, 2.24) is 14.6 Å². The molecule has 0 radical (unpaired) electrons. The van der Waals surface area contributed by atoms with Crippen molar-refractivity contribution in [2.45, 2.75) is 6.54 Å². The van der Waals surface area contributed by atoms with Gasteiger partial charge in [0.05, 0.1) is 25.5 Å². The molecule has 0 fully saturated rings. The molecule has 0 unspecified atom stereocenters. The minimum Gasteiger partial charge on any atom is -0.494 e. The third kappa shape index (κ3) is 2.48. The Bertz CT molecular complexity index is 684. The largest absolute Gasteiger partial charge is 0.494 e. The molecule has 0 atom stereocenters. The Hall–Kier alpha value is -2.21. The molecule has 0 aliphatic rings. The Morgan fingerprint density at radius 1 is 1.26 bits per heavy atom. The van der Waals surface area contributed by atoms with Gasteiger partial charge in [-0.3, -0.25) is 0 Å². The molecule has 0 spiro atoms. The Morgan fingerprint density at radius 2 is 2.21 bits per heavy atom. The Morgan fingerprint density at radius 3 is 3.00 bits per heavy atom. The van der Waals surface area contributed by atoms with Crippen LogP contribution in [-0.4, -0.2) is 21.7 Å². The summed E-state index contributed by atoms with van der Waals surface area (Å²) in [5.41, 5.74) is 1.83. The van der Waals surface area contributed by atoms with Gasteiger partial charge in [0.25, 0.3) is 0 Å². The summed E-state index contributed by atoms with van der Waals surface area (Å²) >= 11 is 1.33. The molecule has 0 bridgehead atoms. The number of nitrogens with one attached hydrogen (secondary N) is 1. The zero-order valence-electron chi connectivity index (χ0n) is 10.3. The minimum absolute atomic E-state index is 0.637. The van der Waals surface area contributed by atoms with E-state index < -0.39 is 0 Å². The van der Waals surface area contributed by atoms with Gasteiger partial charge in [-0.15, -0.1) is 5.10 Å². The number of para-hydroxylation sites is 1. The van der Waals surface area contributed by atoms with E-state index in [4.69, 9.17) is 4.74 Å². The van der Waals surface area contributed by atoms with Crippen molar-refractivity contribution in [3.63, 3.8) is 0 Å². The lowest BCUT2D eigenvalue weighted by Gasteiger charge is -2.07. The van der Waals surface area contributed by atoms with E-state index in [-0.39, 0.29) is 0 Å². The molecule has 0 aliphatic carbocycles. The molecule has 96 valence electrons. The van der Waals surface area contributed by atoms with Gasteiger partial charge in [-0.25, -0.2) is 4.98 Å². The summed E-state index contributed by atoms with van der Waals surface area (Å²) in [4.78, 5) is 4.62. The third-order valence-corrected chi connectivity index (χ3v) is 3.39. The van der Waals surface area contributed by atoms with Gasteiger partial charge in [-0.2, -0.15) is 0 Å². The van der Waals surface area contributed by atoms with Crippen LogP contribution in [0.15, 0.2) is 36.5 Å². The maximum Gasteiger partial charge on any atom is 0.145 e. The highest BCUT2D eigenvalue weighted by atomic mass is 32.1. The van der Waals surface area contributed by atoms with E-state index in [1.807, 2.05) is 30.3 Å². The lowest BCUT2D eigenvalue weighted by atomic mass is 10.2. The highest BCUT2D eigenvalue weighted by Gasteiger charge is 2.04. The molecule has 2 heterocycles. The minimum atomic E-state index is 0.637. The average Bonchev–Trinajstić information content (AvgIpc) is 2.97. The highest BCUT2D eigenvalue weighted by Crippen LogP contribution is 2.23. The predicted molar refractivity (Wildman–Crippen MR) is 75.5 cm³/mol. The van der Waals surface area contributed by atoms with E-state index in [2.05, 4.69) is 19.9 Å². The first kappa shape index (κ1) is 11.9. The Balaban J connectivity index is 1.88. The van der Waals surface area contributed by atoms with Gasteiger partial charge in [0.15, 0.2) is 0 Å². The molecule has 0 saturated heterocycles. The summed E-state index contributed by atoms with van der Waals surface area (Å²) < 4.78 is 9.13. The molecule has 0 aliphatic heterocycles. The van der Waals surface area contributed by atoms with E-state index in [0.29, 0.717) is 6.54 Å². The van der Waals surface area contributed by atoms with E-state index >= 15 is 0 Å². The van der Waals surface area contributed by atoms with Gasteiger partial charge in [-0.1, -0.05) is 22.7 Å². The lowest BCUT2D eigenvalue weighted by Crippen LogP contribution is -2.00. The van der Waals surface area contributed by atoms with Gasteiger partial charge in [0.2, 0.25) is 0 Å². The molecule has 2 aromatic heterocycles. The Labute approximate surface area is 114 Å². The van der Waals surface area contributed by atoms with Crippen LogP contribution in [0.3, 0.4) is 0 Å². The molecule has 19 heavy (non-hydrogen) atoms. The van der Waals surface area contributed by atoms with E-state index in [1.165, 1.54) is 11.5 Å². The summed E-state index contributed by atoms with van der Waals surface area (Å²) in [6, 6.07) is 9.95. The van der Waals surface area contributed by atoms with Crippen molar-refractivity contribution >= 4 is 27.4 Å². The summed E-state index contributed by atoms with van der Waals surface area (Å²) in [5.74, 6) is 0.791. The third-order valence-electron chi connectivity index (χ3n) is 2.77. The number of fused-ring (bicyclic) bond motifs is 1. The summed E-state index contributed by atoms with van der Waals surface area (Å²) in [7, 11) is 1.66. The average molecular weight is 272 g/mol. The van der Waals surface area contributed by atoms with Crippen LogP contribution in [0.2, 0.25) is 0 Å².